The number of fused-ring (bicyclic) bond motifs is 1. The van der Waals surface area contributed by atoms with Crippen LogP contribution in [0.5, 0.6) is 0 Å². The summed E-state index contributed by atoms with van der Waals surface area (Å²) in [5, 5.41) is 3.51. The molecule has 3 rings (SSSR count). The van der Waals surface area contributed by atoms with Crippen molar-refractivity contribution in [3.63, 3.8) is 0 Å². The molecule has 1 aliphatic heterocycles. The fraction of sp³-hybridized carbons (Fsp3) is 0.294. The lowest BCUT2D eigenvalue weighted by atomic mass is 9.94. The molecule has 0 atom stereocenters. The summed E-state index contributed by atoms with van der Waals surface area (Å²) in [7, 11) is 0. The van der Waals surface area contributed by atoms with Gasteiger partial charge in [-0.15, -0.1) is 0 Å². The van der Waals surface area contributed by atoms with E-state index in [1.165, 1.54) is 46.3 Å². The van der Waals surface area contributed by atoms with Crippen molar-refractivity contribution in [2.24, 2.45) is 0 Å². The largest absolute Gasteiger partial charge is 0.385 e. The zero-order valence-corrected chi connectivity index (χ0v) is 11.1. The van der Waals surface area contributed by atoms with Crippen molar-refractivity contribution in [3.05, 3.63) is 53.1 Å². The second kappa shape index (κ2) is 4.49. The van der Waals surface area contributed by atoms with Gasteiger partial charge in [0.2, 0.25) is 0 Å². The van der Waals surface area contributed by atoms with Gasteiger partial charge in [-0.2, -0.15) is 0 Å². The quantitative estimate of drug-likeness (QED) is 0.778. The minimum atomic E-state index is 1.10. The third kappa shape index (κ3) is 2.01. The third-order valence-corrected chi connectivity index (χ3v) is 3.75. The number of benzene rings is 2. The molecule has 18 heavy (non-hydrogen) atoms. The molecule has 1 heterocycles. The predicted octanol–water partition coefficient (Wildman–Crippen LogP) is 4.33. The Morgan fingerprint density at radius 1 is 1.00 bits per heavy atom. The average Bonchev–Trinajstić information content (AvgIpc) is 2.41. The Morgan fingerprint density at radius 2 is 1.89 bits per heavy atom. The highest BCUT2D eigenvalue weighted by molar-refractivity contribution is 5.73. The first-order valence-corrected chi connectivity index (χ1v) is 6.68. The van der Waals surface area contributed by atoms with E-state index in [9.17, 15) is 0 Å². The van der Waals surface area contributed by atoms with Crippen LogP contribution in [0.15, 0.2) is 36.4 Å². The summed E-state index contributed by atoms with van der Waals surface area (Å²) in [6.07, 6.45) is 2.45. The summed E-state index contributed by atoms with van der Waals surface area (Å²) in [6.45, 7) is 5.44. The van der Waals surface area contributed by atoms with Crippen LogP contribution >= 0.6 is 0 Å². The molecule has 0 saturated heterocycles. The fourth-order valence-electron chi connectivity index (χ4n) is 2.68. The molecule has 2 aromatic carbocycles. The van der Waals surface area contributed by atoms with Gasteiger partial charge in [0.05, 0.1) is 0 Å². The van der Waals surface area contributed by atoms with Crippen LogP contribution in [0.3, 0.4) is 0 Å². The van der Waals surface area contributed by atoms with Crippen LogP contribution in [0, 0.1) is 13.8 Å². The topological polar surface area (TPSA) is 12.0 Å². The molecule has 1 N–H and O–H groups in total. The molecule has 0 bridgehead atoms. The summed E-state index contributed by atoms with van der Waals surface area (Å²) < 4.78 is 0. The molecule has 0 unspecified atom stereocenters. The Balaban J connectivity index is 2.09. The van der Waals surface area contributed by atoms with E-state index in [-0.39, 0.29) is 0 Å². The number of rotatable bonds is 1. The summed E-state index contributed by atoms with van der Waals surface area (Å²) in [4.78, 5) is 0. The van der Waals surface area contributed by atoms with Crippen molar-refractivity contribution in [2.45, 2.75) is 26.7 Å². The smallest absolute Gasteiger partial charge is 0.0378 e. The van der Waals surface area contributed by atoms with E-state index in [0.717, 1.165) is 6.54 Å². The summed E-state index contributed by atoms with van der Waals surface area (Å²) >= 11 is 0. The van der Waals surface area contributed by atoms with Crippen LogP contribution < -0.4 is 5.32 Å². The van der Waals surface area contributed by atoms with Crippen molar-refractivity contribution < 1.29 is 0 Å². The molecule has 0 fully saturated rings. The molecule has 0 aliphatic carbocycles. The zero-order chi connectivity index (χ0) is 12.5. The van der Waals surface area contributed by atoms with Gasteiger partial charge in [-0.25, -0.2) is 0 Å². The van der Waals surface area contributed by atoms with Crippen molar-refractivity contribution in [1.82, 2.24) is 0 Å². The molecular formula is C17H19N. The van der Waals surface area contributed by atoms with Gasteiger partial charge in [-0.1, -0.05) is 35.9 Å². The van der Waals surface area contributed by atoms with Crippen molar-refractivity contribution in [1.29, 1.82) is 0 Å². The maximum Gasteiger partial charge on any atom is 0.0378 e. The number of nitrogens with one attached hydrogen (secondary N) is 1. The van der Waals surface area contributed by atoms with Crippen LogP contribution in [-0.4, -0.2) is 6.54 Å². The fourth-order valence-corrected chi connectivity index (χ4v) is 2.68. The Bertz CT molecular complexity index is 584. The molecule has 0 aromatic heterocycles. The van der Waals surface area contributed by atoms with Gasteiger partial charge >= 0.3 is 0 Å². The van der Waals surface area contributed by atoms with Gasteiger partial charge in [0.15, 0.2) is 0 Å². The Kier molecular flexibility index (Phi) is 2.83. The minimum absolute atomic E-state index is 1.10. The lowest BCUT2D eigenvalue weighted by molar-refractivity contribution is 0.830. The Hall–Kier alpha value is -1.76. The van der Waals surface area contributed by atoms with Crippen molar-refractivity contribution in [2.75, 3.05) is 11.9 Å². The minimum Gasteiger partial charge on any atom is -0.385 e. The second-order valence-corrected chi connectivity index (χ2v) is 5.22. The normalized spacial score (nSPS) is 13.9. The highest BCUT2D eigenvalue weighted by atomic mass is 14.9. The second-order valence-electron chi connectivity index (χ2n) is 5.22. The highest BCUT2D eigenvalue weighted by Crippen LogP contribution is 2.30. The lowest BCUT2D eigenvalue weighted by Crippen LogP contribution is -2.11. The molecule has 0 saturated carbocycles. The van der Waals surface area contributed by atoms with Crippen LogP contribution in [0.1, 0.15) is 23.1 Å². The van der Waals surface area contributed by atoms with E-state index in [1.54, 1.807) is 0 Å². The molecule has 0 radical (unpaired) electrons. The van der Waals surface area contributed by atoms with Crippen LogP contribution in [0.25, 0.3) is 11.1 Å². The van der Waals surface area contributed by atoms with E-state index in [1.807, 2.05) is 0 Å². The molecule has 1 aliphatic rings. The van der Waals surface area contributed by atoms with E-state index >= 15 is 0 Å². The number of hydrogen-bond donors (Lipinski definition) is 1. The number of aryl methyl sites for hydroxylation is 3. The van der Waals surface area contributed by atoms with Crippen LogP contribution in [-0.2, 0) is 6.42 Å². The van der Waals surface area contributed by atoms with Crippen molar-refractivity contribution >= 4 is 5.69 Å². The highest BCUT2D eigenvalue weighted by Gasteiger charge is 2.10. The van der Waals surface area contributed by atoms with Gasteiger partial charge < -0.3 is 5.32 Å². The van der Waals surface area contributed by atoms with Gasteiger partial charge in [-0.3, -0.25) is 0 Å². The Morgan fingerprint density at radius 3 is 2.78 bits per heavy atom. The first kappa shape index (κ1) is 11.3. The molecule has 2 aromatic rings. The molecule has 1 nitrogen and oxygen atoms in total. The van der Waals surface area contributed by atoms with E-state index in [4.69, 9.17) is 0 Å². The summed E-state index contributed by atoms with van der Waals surface area (Å²) in [5.74, 6) is 0. The number of hydrogen-bond acceptors (Lipinski definition) is 1. The SMILES string of the molecule is Cc1ccc(C)c(-c2ccc3c(c2)NCCC3)c1. The van der Waals surface area contributed by atoms with E-state index in [0.29, 0.717) is 0 Å². The van der Waals surface area contributed by atoms with Gasteiger partial charge in [0, 0.05) is 12.2 Å². The first-order chi connectivity index (χ1) is 8.74. The van der Waals surface area contributed by atoms with Crippen molar-refractivity contribution in [3.8, 4) is 11.1 Å². The van der Waals surface area contributed by atoms with Crippen LogP contribution in [0.4, 0.5) is 5.69 Å². The number of anilines is 1. The lowest BCUT2D eigenvalue weighted by Gasteiger charge is -2.19. The molecular weight excluding hydrogens is 218 g/mol. The standard InChI is InChI=1S/C17H19N/c1-12-5-6-13(2)16(10-12)15-8-7-14-4-3-9-18-17(14)11-15/h5-8,10-11,18H,3-4,9H2,1-2H3. The summed E-state index contributed by atoms with van der Waals surface area (Å²) in [6, 6.07) is 13.5. The maximum atomic E-state index is 3.51. The van der Waals surface area contributed by atoms with Gasteiger partial charge in [-0.05, 0) is 55.0 Å². The Labute approximate surface area is 109 Å². The maximum absolute atomic E-state index is 3.51. The average molecular weight is 237 g/mol. The van der Waals surface area contributed by atoms with Crippen LogP contribution in [0.2, 0.25) is 0 Å². The molecule has 0 amide bonds. The molecule has 92 valence electrons. The van der Waals surface area contributed by atoms with Gasteiger partial charge in [0.25, 0.3) is 0 Å². The summed E-state index contributed by atoms with van der Waals surface area (Å²) in [5.41, 5.74) is 8.11. The third-order valence-electron chi connectivity index (χ3n) is 3.75. The zero-order valence-electron chi connectivity index (χ0n) is 11.1. The molecule has 0 spiro atoms. The monoisotopic (exact) mass is 237 g/mol. The van der Waals surface area contributed by atoms with Gasteiger partial charge in [0.1, 0.15) is 0 Å². The first-order valence-electron chi connectivity index (χ1n) is 6.68. The van der Waals surface area contributed by atoms with E-state index in [2.05, 4.69) is 55.6 Å². The predicted molar refractivity (Wildman–Crippen MR) is 78.2 cm³/mol. The molecule has 1 heteroatoms. The van der Waals surface area contributed by atoms with E-state index < -0.39 is 0 Å².